The van der Waals surface area contributed by atoms with E-state index in [4.69, 9.17) is 10.2 Å². The molecule has 3 rings (SSSR count). The van der Waals surface area contributed by atoms with Crippen molar-refractivity contribution in [3.63, 3.8) is 0 Å². The van der Waals surface area contributed by atoms with Crippen LogP contribution in [0.1, 0.15) is 26.4 Å². The standard InChI is InChI=1S/C16H14N4O3/c1-9-13(14(20-19-9)12-3-2-8-23-12)16(22)18-11-6-4-10(5-7-11)15(17)21/h2-8H,1H3,(H2,17,21)(H,18,22)(H,19,20). The molecule has 2 amide bonds. The molecule has 0 saturated carbocycles. The molecule has 0 spiro atoms. The van der Waals surface area contributed by atoms with Gasteiger partial charge in [-0.15, -0.1) is 0 Å². The molecule has 0 aliphatic carbocycles. The van der Waals surface area contributed by atoms with E-state index in [1.54, 1.807) is 43.3 Å². The van der Waals surface area contributed by atoms with Gasteiger partial charge in [-0.3, -0.25) is 14.7 Å². The number of anilines is 1. The van der Waals surface area contributed by atoms with Crippen LogP contribution in [0.25, 0.3) is 11.5 Å². The number of aryl methyl sites for hydroxylation is 1. The summed E-state index contributed by atoms with van der Waals surface area (Å²) in [6, 6.07) is 9.78. The number of carbonyl (C=O) groups is 2. The number of nitrogens with one attached hydrogen (secondary N) is 2. The Morgan fingerprint density at radius 1 is 1.22 bits per heavy atom. The Morgan fingerprint density at radius 2 is 1.96 bits per heavy atom. The zero-order chi connectivity index (χ0) is 16.4. The second-order valence-corrected chi connectivity index (χ2v) is 4.95. The van der Waals surface area contributed by atoms with Gasteiger partial charge in [0.05, 0.1) is 11.8 Å². The van der Waals surface area contributed by atoms with Gasteiger partial charge in [0.25, 0.3) is 5.91 Å². The first-order valence-corrected chi connectivity index (χ1v) is 6.86. The molecule has 0 bridgehead atoms. The fraction of sp³-hybridized carbons (Fsp3) is 0.0625. The van der Waals surface area contributed by atoms with Crippen LogP contribution in [0.4, 0.5) is 5.69 Å². The number of H-pyrrole nitrogens is 1. The predicted octanol–water partition coefficient (Wildman–Crippen LogP) is 2.33. The lowest BCUT2D eigenvalue weighted by atomic mass is 10.1. The topological polar surface area (TPSA) is 114 Å². The molecule has 2 aromatic heterocycles. The summed E-state index contributed by atoms with van der Waals surface area (Å²) in [6.45, 7) is 1.75. The van der Waals surface area contributed by atoms with Gasteiger partial charge in [-0.05, 0) is 43.3 Å². The van der Waals surface area contributed by atoms with Crippen LogP contribution >= 0.6 is 0 Å². The van der Waals surface area contributed by atoms with Crippen LogP contribution in [0.2, 0.25) is 0 Å². The SMILES string of the molecule is Cc1[nH]nc(-c2ccco2)c1C(=O)Nc1ccc(C(N)=O)cc1. The smallest absolute Gasteiger partial charge is 0.259 e. The maximum absolute atomic E-state index is 12.5. The van der Waals surface area contributed by atoms with E-state index < -0.39 is 5.91 Å². The summed E-state index contributed by atoms with van der Waals surface area (Å²) < 4.78 is 5.30. The number of nitrogens with zero attached hydrogens (tertiary/aromatic N) is 1. The fourth-order valence-electron chi connectivity index (χ4n) is 2.21. The molecule has 0 saturated heterocycles. The molecule has 1 aromatic carbocycles. The highest BCUT2D eigenvalue weighted by molar-refractivity contribution is 6.08. The van der Waals surface area contributed by atoms with Crippen molar-refractivity contribution >= 4 is 17.5 Å². The van der Waals surface area contributed by atoms with Crippen LogP contribution in [0.5, 0.6) is 0 Å². The first-order valence-electron chi connectivity index (χ1n) is 6.86. The van der Waals surface area contributed by atoms with E-state index in [-0.39, 0.29) is 5.91 Å². The van der Waals surface area contributed by atoms with Crippen molar-refractivity contribution in [1.82, 2.24) is 10.2 Å². The van der Waals surface area contributed by atoms with E-state index in [1.807, 2.05) is 0 Å². The summed E-state index contributed by atoms with van der Waals surface area (Å²) in [6.07, 6.45) is 1.52. The number of aromatic nitrogens is 2. The first kappa shape index (κ1) is 14.6. The zero-order valence-electron chi connectivity index (χ0n) is 12.3. The van der Waals surface area contributed by atoms with Crippen molar-refractivity contribution in [1.29, 1.82) is 0 Å². The lowest BCUT2D eigenvalue weighted by Gasteiger charge is -2.06. The van der Waals surface area contributed by atoms with Crippen molar-refractivity contribution in [2.75, 3.05) is 5.32 Å². The quantitative estimate of drug-likeness (QED) is 0.686. The number of hydrogen-bond acceptors (Lipinski definition) is 4. The minimum atomic E-state index is -0.520. The van der Waals surface area contributed by atoms with Gasteiger partial charge >= 0.3 is 0 Å². The number of rotatable bonds is 4. The summed E-state index contributed by atoms with van der Waals surface area (Å²) in [7, 11) is 0. The van der Waals surface area contributed by atoms with Gasteiger partial charge < -0.3 is 15.5 Å². The van der Waals surface area contributed by atoms with Crippen molar-refractivity contribution in [2.45, 2.75) is 6.92 Å². The average molecular weight is 310 g/mol. The van der Waals surface area contributed by atoms with Gasteiger partial charge in [0, 0.05) is 16.9 Å². The van der Waals surface area contributed by atoms with Crippen LogP contribution < -0.4 is 11.1 Å². The molecule has 0 radical (unpaired) electrons. The van der Waals surface area contributed by atoms with Crippen LogP contribution in [0.3, 0.4) is 0 Å². The monoisotopic (exact) mass is 310 g/mol. The fourth-order valence-corrected chi connectivity index (χ4v) is 2.21. The molecule has 0 aliphatic rings. The van der Waals surface area contributed by atoms with E-state index in [0.29, 0.717) is 34.0 Å². The molecule has 7 heteroatoms. The number of benzene rings is 1. The second kappa shape index (κ2) is 5.80. The molecule has 3 aromatic rings. The zero-order valence-corrected chi connectivity index (χ0v) is 12.3. The molecule has 0 aliphatic heterocycles. The van der Waals surface area contributed by atoms with E-state index in [0.717, 1.165) is 0 Å². The molecular weight excluding hydrogens is 296 g/mol. The summed E-state index contributed by atoms with van der Waals surface area (Å²) in [4.78, 5) is 23.6. The number of nitrogens with two attached hydrogens (primary N) is 1. The second-order valence-electron chi connectivity index (χ2n) is 4.95. The van der Waals surface area contributed by atoms with Crippen molar-refractivity contribution in [3.05, 3.63) is 59.5 Å². The van der Waals surface area contributed by atoms with Crippen LogP contribution in [-0.2, 0) is 0 Å². The number of amides is 2. The Balaban J connectivity index is 1.87. The molecule has 23 heavy (non-hydrogen) atoms. The predicted molar refractivity (Wildman–Crippen MR) is 83.9 cm³/mol. The third-order valence-corrected chi connectivity index (χ3v) is 3.36. The Bertz CT molecular complexity index is 848. The van der Waals surface area contributed by atoms with E-state index in [2.05, 4.69) is 15.5 Å². The van der Waals surface area contributed by atoms with Crippen LogP contribution in [0.15, 0.2) is 47.1 Å². The minimum Gasteiger partial charge on any atom is -0.463 e. The minimum absolute atomic E-state index is 0.325. The van der Waals surface area contributed by atoms with E-state index in [9.17, 15) is 9.59 Å². The summed E-state index contributed by atoms with van der Waals surface area (Å²) in [5.74, 6) is -0.341. The van der Waals surface area contributed by atoms with Crippen LogP contribution in [0, 0.1) is 6.92 Å². The van der Waals surface area contributed by atoms with Crippen molar-refractivity contribution < 1.29 is 14.0 Å². The van der Waals surface area contributed by atoms with Gasteiger partial charge in [-0.25, -0.2) is 0 Å². The number of hydrogen-bond donors (Lipinski definition) is 3. The largest absolute Gasteiger partial charge is 0.463 e. The lowest BCUT2D eigenvalue weighted by molar-refractivity contribution is 0.0998. The molecule has 2 heterocycles. The molecule has 0 unspecified atom stereocenters. The lowest BCUT2D eigenvalue weighted by Crippen LogP contribution is -2.14. The Labute approximate surface area is 131 Å². The van der Waals surface area contributed by atoms with E-state index >= 15 is 0 Å². The number of aromatic amines is 1. The number of carbonyl (C=O) groups excluding carboxylic acids is 2. The summed E-state index contributed by atoms with van der Waals surface area (Å²) in [5, 5.41) is 9.66. The third kappa shape index (κ3) is 2.84. The van der Waals surface area contributed by atoms with Gasteiger partial charge in [0.1, 0.15) is 5.69 Å². The highest BCUT2D eigenvalue weighted by atomic mass is 16.3. The molecular formula is C16H14N4O3. The molecule has 4 N–H and O–H groups in total. The highest BCUT2D eigenvalue weighted by Crippen LogP contribution is 2.25. The first-order chi connectivity index (χ1) is 11.1. The number of furan rings is 1. The average Bonchev–Trinajstić information content (AvgIpc) is 3.16. The maximum atomic E-state index is 12.5. The summed E-state index contributed by atoms with van der Waals surface area (Å²) in [5.41, 5.74) is 7.58. The van der Waals surface area contributed by atoms with Crippen molar-refractivity contribution in [2.24, 2.45) is 5.73 Å². The normalized spacial score (nSPS) is 10.5. The molecule has 0 atom stereocenters. The van der Waals surface area contributed by atoms with Crippen molar-refractivity contribution in [3.8, 4) is 11.5 Å². The molecule has 7 nitrogen and oxygen atoms in total. The van der Waals surface area contributed by atoms with Gasteiger partial charge in [0.2, 0.25) is 5.91 Å². The van der Waals surface area contributed by atoms with Crippen LogP contribution in [-0.4, -0.2) is 22.0 Å². The Morgan fingerprint density at radius 3 is 2.57 bits per heavy atom. The maximum Gasteiger partial charge on any atom is 0.259 e. The Hall–Kier alpha value is -3.35. The molecule has 116 valence electrons. The van der Waals surface area contributed by atoms with E-state index in [1.165, 1.54) is 6.26 Å². The highest BCUT2D eigenvalue weighted by Gasteiger charge is 2.21. The molecule has 0 fully saturated rings. The number of primary amides is 1. The Kier molecular flexibility index (Phi) is 3.68. The summed E-state index contributed by atoms with van der Waals surface area (Å²) >= 11 is 0. The van der Waals surface area contributed by atoms with Gasteiger partial charge in [-0.1, -0.05) is 0 Å². The van der Waals surface area contributed by atoms with Gasteiger partial charge in [-0.2, -0.15) is 5.10 Å². The third-order valence-electron chi connectivity index (χ3n) is 3.36. The van der Waals surface area contributed by atoms with Gasteiger partial charge in [0.15, 0.2) is 5.76 Å².